The number of rotatable bonds is 7. The Morgan fingerprint density at radius 1 is 1.21 bits per heavy atom. The van der Waals surface area contributed by atoms with Gasteiger partial charge < -0.3 is 20.3 Å². The summed E-state index contributed by atoms with van der Waals surface area (Å²) < 4.78 is 0. The monoisotopic (exact) mass is 597 g/mol. The summed E-state index contributed by atoms with van der Waals surface area (Å²) in [6.07, 6.45) is 6.66. The number of carbonyl (C=O) groups excluding carboxylic acids is 1. The molecule has 0 saturated carbocycles. The van der Waals surface area contributed by atoms with Crippen molar-refractivity contribution >= 4 is 27.6 Å². The van der Waals surface area contributed by atoms with Crippen LogP contribution in [0, 0.1) is 22.7 Å². The molecule has 4 aromatic rings. The molecular formula is C33H39N7O2S. The molecule has 3 aromatic heterocycles. The summed E-state index contributed by atoms with van der Waals surface area (Å²) >= 11 is 1.36. The number of thiazole rings is 1. The number of amides is 1. The van der Waals surface area contributed by atoms with Gasteiger partial charge in [0.2, 0.25) is 0 Å². The Balaban J connectivity index is 1.22. The lowest BCUT2D eigenvalue weighted by atomic mass is 9.71. The average molecular weight is 598 g/mol. The third kappa shape index (κ3) is 6.49. The Bertz CT molecular complexity index is 1640. The van der Waals surface area contributed by atoms with Gasteiger partial charge in [-0.15, -0.1) is 0 Å². The first-order valence-corrected chi connectivity index (χ1v) is 16.0. The van der Waals surface area contributed by atoms with Crippen molar-refractivity contribution in [1.29, 1.82) is 5.26 Å². The van der Waals surface area contributed by atoms with Crippen LogP contribution < -0.4 is 5.32 Å². The maximum Gasteiger partial charge on any atom is 0.280 e. The SMILES string of the molecule is CC(C)(C)[C@H]1CCc2nc3sc(C(=O)N[C@H](CCN4CCC(O)CC4)c4ccc(-c5nc[nH]c5C#N)cc4)nc3cc2C1. The molecule has 9 nitrogen and oxygen atoms in total. The smallest absolute Gasteiger partial charge is 0.280 e. The number of hydrogen-bond acceptors (Lipinski definition) is 8. The number of imidazole rings is 1. The van der Waals surface area contributed by atoms with Crippen molar-refractivity contribution in [2.75, 3.05) is 19.6 Å². The molecule has 0 unspecified atom stereocenters. The van der Waals surface area contributed by atoms with E-state index >= 15 is 0 Å². The Morgan fingerprint density at radius 2 is 1.98 bits per heavy atom. The molecule has 224 valence electrons. The molecule has 1 saturated heterocycles. The number of piperidine rings is 1. The normalized spacial score (nSPS) is 18.7. The van der Waals surface area contributed by atoms with Crippen molar-refractivity contribution in [2.45, 2.75) is 71.4 Å². The van der Waals surface area contributed by atoms with E-state index in [9.17, 15) is 15.2 Å². The fourth-order valence-corrected chi connectivity index (χ4v) is 7.16. The van der Waals surface area contributed by atoms with Crippen molar-refractivity contribution in [3.05, 3.63) is 64.2 Å². The average Bonchev–Trinajstić information content (AvgIpc) is 3.65. The number of aryl methyl sites for hydroxylation is 1. The summed E-state index contributed by atoms with van der Waals surface area (Å²) in [5.41, 5.74) is 6.30. The number of aliphatic hydroxyl groups is 1. The van der Waals surface area contributed by atoms with Crippen LogP contribution in [0.2, 0.25) is 0 Å². The molecule has 10 heteroatoms. The van der Waals surface area contributed by atoms with Gasteiger partial charge >= 0.3 is 0 Å². The van der Waals surface area contributed by atoms with E-state index < -0.39 is 0 Å². The molecule has 0 radical (unpaired) electrons. The quantitative estimate of drug-likeness (QED) is 0.259. The number of aliphatic hydroxyl groups excluding tert-OH is 1. The van der Waals surface area contributed by atoms with Crippen LogP contribution in [0.25, 0.3) is 21.6 Å². The van der Waals surface area contributed by atoms with E-state index in [0.717, 1.165) is 85.3 Å². The van der Waals surface area contributed by atoms with E-state index in [4.69, 9.17) is 9.97 Å². The van der Waals surface area contributed by atoms with Crippen molar-refractivity contribution in [3.8, 4) is 17.3 Å². The number of likely N-dealkylation sites (tertiary alicyclic amines) is 1. The Kier molecular flexibility index (Phi) is 8.32. The number of H-pyrrole nitrogens is 1. The molecule has 6 rings (SSSR count). The Labute approximate surface area is 256 Å². The summed E-state index contributed by atoms with van der Waals surface area (Å²) in [5.74, 6) is 0.409. The van der Waals surface area contributed by atoms with Gasteiger partial charge in [0.15, 0.2) is 5.01 Å². The second-order valence-corrected chi connectivity index (χ2v) is 14.0. The molecule has 4 heterocycles. The van der Waals surface area contributed by atoms with Crippen LogP contribution in [-0.2, 0) is 12.8 Å². The number of aromatic amines is 1. The molecule has 1 fully saturated rings. The van der Waals surface area contributed by atoms with E-state index in [1.165, 1.54) is 23.2 Å². The van der Waals surface area contributed by atoms with E-state index in [-0.39, 0.29) is 23.5 Å². The van der Waals surface area contributed by atoms with Gasteiger partial charge in [0, 0.05) is 30.9 Å². The van der Waals surface area contributed by atoms with Gasteiger partial charge in [-0.2, -0.15) is 5.26 Å². The minimum atomic E-state index is -0.233. The molecule has 1 amide bonds. The minimum absolute atomic E-state index is 0.198. The van der Waals surface area contributed by atoms with Crippen LogP contribution in [-0.4, -0.2) is 61.6 Å². The van der Waals surface area contributed by atoms with Crippen molar-refractivity contribution in [1.82, 2.24) is 30.2 Å². The van der Waals surface area contributed by atoms with Crippen LogP contribution in [0.3, 0.4) is 0 Å². The van der Waals surface area contributed by atoms with Crippen LogP contribution in [0.5, 0.6) is 0 Å². The lowest BCUT2D eigenvalue weighted by molar-refractivity contribution is 0.0795. The van der Waals surface area contributed by atoms with Gasteiger partial charge in [-0.05, 0) is 67.1 Å². The standard InChI is InChI=1S/C33H39N7O2S/c1-33(2,3)23-8-9-25-22(16-23)17-27-31(38-25)43-32(39-27)30(42)37-26(12-15-40-13-10-24(41)11-14-40)20-4-6-21(7-5-20)29-28(18-34)35-19-36-29/h4-7,17,19,23-24,26,41H,8-16H2,1-3H3,(H,35,36)(H,37,42)/t23-,26+/m0/s1. The van der Waals surface area contributed by atoms with Crippen molar-refractivity contribution in [2.24, 2.45) is 11.3 Å². The number of pyridine rings is 1. The second-order valence-electron chi connectivity index (χ2n) is 13.0. The third-order valence-electron chi connectivity index (χ3n) is 9.10. The number of benzene rings is 1. The predicted octanol–water partition coefficient (Wildman–Crippen LogP) is 5.42. The van der Waals surface area contributed by atoms with Gasteiger partial charge in [-0.25, -0.2) is 15.0 Å². The second kappa shape index (κ2) is 12.2. The molecule has 1 aromatic carbocycles. The van der Waals surface area contributed by atoms with Gasteiger partial charge in [-0.3, -0.25) is 4.79 Å². The molecule has 3 N–H and O–H groups in total. The summed E-state index contributed by atoms with van der Waals surface area (Å²) in [5, 5.41) is 23.0. The number of nitrogens with one attached hydrogen (secondary N) is 2. The lowest BCUT2D eigenvalue weighted by Gasteiger charge is -2.34. The number of fused-ring (bicyclic) bond motifs is 2. The first kappa shape index (κ1) is 29.4. The highest BCUT2D eigenvalue weighted by molar-refractivity contribution is 7.19. The molecule has 2 aliphatic rings. The molecule has 2 atom stereocenters. The highest BCUT2D eigenvalue weighted by Gasteiger charge is 2.30. The summed E-state index contributed by atoms with van der Waals surface area (Å²) in [6, 6.07) is 11.9. The first-order valence-electron chi connectivity index (χ1n) is 15.2. The van der Waals surface area contributed by atoms with Gasteiger partial charge in [0.1, 0.15) is 27.8 Å². The molecule has 1 aliphatic heterocycles. The fraction of sp³-hybridized carbons (Fsp3) is 0.485. The minimum Gasteiger partial charge on any atom is -0.393 e. The first-order chi connectivity index (χ1) is 20.7. The molecule has 0 spiro atoms. The molecule has 0 bridgehead atoms. The number of carbonyl (C=O) groups is 1. The highest BCUT2D eigenvalue weighted by Crippen LogP contribution is 2.38. The van der Waals surface area contributed by atoms with E-state index in [1.807, 2.05) is 24.3 Å². The van der Waals surface area contributed by atoms with Crippen LogP contribution in [0.4, 0.5) is 0 Å². The molecular weight excluding hydrogens is 558 g/mol. The highest BCUT2D eigenvalue weighted by atomic mass is 32.1. The van der Waals surface area contributed by atoms with Gasteiger partial charge in [-0.1, -0.05) is 56.4 Å². The third-order valence-corrected chi connectivity index (χ3v) is 10.1. The fourth-order valence-electron chi connectivity index (χ4n) is 6.32. The Morgan fingerprint density at radius 3 is 2.70 bits per heavy atom. The lowest BCUT2D eigenvalue weighted by Crippen LogP contribution is -2.38. The topological polar surface area (TPSA) is 131 Å². The molecule has 43 heavy (non-hydrogen) atoms. The summed E-state index contributed by atoms with van der Waals surface area (Å²) in [4.78, 5) is 33.7. The summed E-state index contributed by atoms with van der Waals surface area (Å²) in [6.45, 7) is 9.42. The number of aromatic nitrogens is 4. The maximum atomic E-state index is 13.6. The Hall–Kier alpha value is -3.65. The maximum absolute atomic E-state index is 13.6. The van der Waals surface area contributed by atoms with Crippen molar-refractivity contribution < 1.29 is 9.90 Å². The van der Waals surface area contributed by atoms with Gasteiger partial charge in [0.25, 0.3) is 5.91 Å². The van der Waals surface area contributed by atoms with Crippen LogP contribution in [0.15, 0.2) is 36.7 Å². The number of nitrogens with zero attached hydrogens (tertiary/aromatic N) is 5. The summed E-state index contributed by atoms with van der Waals surface area (Å²) in [7, 11) is 0. The zero-order valence-corrected chi connectivity index (χ0v) is 25.9. The number of nitriles is 1. The van der Waals surface area contributed by atoms with E-state index in [2.05, 4.69) is 53.1 Å². The largest absolute Gasteiger partial charge is 0.393 e. The van der Waals surface area contributed by atoms with Crippen LogP contribution in [0.1, 0.15) is 84.8 Å². The number of hydrogen-bond donors (Lipinski definition) is 3. The zero-order valence-electron chi connectivity index (χ0n) is 25.1. The van der Waals surface area contributed by atoms with Crippen molar-refractivity contribution in [3.63, 3.8) is 0 Å². The van der Waals surface area contributed by atoms with E-state index in [0.29, 0.717) is 22.3 Å². The molecule has 1 aliphatic carbocycles. The van der Waals surface area contributed by atoms with Gasteiger partial charge in [0.05, 0.1) is 18.5 Å². The zero-order chi connectivity index (χ0) is 30.1. The predicted molar refractivity (Wildman–Crippen MR) is 168 cm³/mol. The van der Waals surface area contributed by atoms with E-state index in [1.54, 1.807) is 0 Å². The van der Waals surface area contributed by atoms with Crippen LogP contribution >= 0.6 is 11.3 Å².